The zero-order chi connectivity index (χ0) is 25.9. The van der Waals surface area contributed by atoms with Crippen molar-refractivity contribution in [2.24, 2.45) is 0 Å². The van der Waals surface area contributed by atoms with Gasteiger partial charge in [-0.15, -0.1) is 0 Å². The molecule has 4 rings (SSSR count). The molecule has 8 heteroatoms. The zero-order valence-electron chi connectivity index (χ0n) is 21.1. The average Bonchev–Trinajstić information content (AvgIpc) is 3.18. The van der Waals surface area contributed by atoms with Crippen molar-refractivity contribution in [2.75, 3.05) is 19.1 Å². The molecule has 0 aliphatic carbocycles. The Morgan fingerprint density at radius 3 is 1.92 bits per heavy atom. The van der Waals surface area contributed by atoms with Crippen LogP contribution in [0.5, 0.6) is 11.5 Å². The fourth-order valence-electron chi connectivity index (χ4n) is 3.85. The highest BCUT2D eigenvalue weighted by atomic mass is 127. The molecule has 7 nitrogen and oxygen atoms in total. The van der Waals surface area contributed by atoms with Gasteiger partial charge in [0.15, 0.2) is 0 Å². The lowest BCUT2D eigenvalue weighted by molar-refractivity contribution is 0.0540. The van der Waals surface area contributed by atoms with Gasteiger partial charge in [0, 0.05) is 18.5 Å². The van der Waals surface area contributed by atoms with Gasteiger partial charge in [0.2, 0.25) is 0 Å². The number of anilines is 1. The van der Waals surface area contributed by atoms with Gasteiger partial charge in [0.1, 0.15) is 22.9 Å². The van der Waals surface area contributed by atoms with E-state index in [0.29, 0.717) is 18.6 Å². The minimum absolute atomic E-state index is 0.412. The lowest BCUT2D eigenvalue weighted by Crippen LogP contribution is -2.27. The van der Waals surface area contributed by atoms with Crippen molar-refractivity contribution in [2.45, 2.75) is 39.5 Å². The third kappa shape index (κ3) is 6.10. The second-order valence-corrected chi connectivity index (χ2v) is 10.5. The average molecular weight is 599 g/mol. The van der Waals surface area contributed by atoms with Crippen LogP contribution in [0.15, 0.2) is 66.9 Å². The van der Waals surface area contributed by atoms with E-state index >= 15 is 0 Å². The summed E-state index contributed by atoms with van der Waals surface area (Å²) in [6.07, 6.45) is 1.33. The minimum Gasteiger partial charge on any atom is -0.497 e. The fraction of sp³-hybridized carbons (Fsp3) is 0.286. The molecule has 0 spiro atoms. The number of carbonyl (C=O) groups is 1. The minimum atomic E-state index is -0.586. The van der Waals surface area contributed by atoms with E-state index in [0.717, 1.165) is 37.5 Å². The van der Waals surface area contributed by atoms with E-state index in [4.69, 9.17) is 19.2 Å². The first-order chi connectivity index (χ1) is 17.2. The van der Waals surface area contributed by atoms with E-state index < -0.39 is 11.7 Å². The molecule has 0 saturated carbocycles. The van der Waals surface area contributed by atoms with Gasteiger partial charge in [-0.05, 0) is 90.9 Å². The van der Waals surface area contributed by atoms with Crippen LogP contribution >= 0.6 is 22.6 Å². The summed E-state index contributed by atoms with van der Waals surface area (Å²) in [7, 11) is 3.32. The lowest BCUT2D eigenvalue weighted by atomic mass is 10.1. The van der Waals surface area contributed by atoms with Crippen LogP contribution in [0, 0.1) is 3.70 Å². The van der Waals surface area contributed by atoms with Crippen LogP contribution in [0.4, 0.5) is 10.6 Å². The van der Waals surface area contributed by atoms with Crippen molar-refractivity contribution in [1.29, 1.82) is 0 Å². The number of rotatable bonds is 7. The first kappa shape index (κ1) is 25.8. The molecule has 0 N–H and O–H groups in total. The van der Waals surface area contributed by atoms with Crippen LogP contribution in [0.2, 0.25) is 0 Å². The van der Waals surface area contributed by atoms with Crippen LogP contribution < -0.4 is 14.4 Å². The summed E-state index contributed by atoms with van der Waals surface area (Å²) in [5.41, 5.74) is 2.39. The van der Waals surface area contributed by atoms with Gasteiger partial charge < -0.3 is 19.1 Å². The molecule has 0 saturated heterocycles. The molecule has 0 aliphatic heterocycles. The highest BCUT2D eigenvalue weighted by molar-refractivity contribution is 14.1. The summed E-state index contributed by atoms with van der Waals surface area (Å²) in [6, 6.07) is 20.1. The fourth-order valence-corrected chi connectivity index (χ4v) is 4.64. The van der Waals surface area contributed by atoms with Crippen LogP contribution in [-0.2, 0) is 17.8 Å². The van der Waals surface area contributed by atoms with Crippen molar-refractivity contribution < 1.29 is 19.0 Å². The summed E-state index contributed by atoms with van der Waals surface area (Å²) < 4.78 is 18.6. The zero-order valence-corrected chi connectivity index (χ0v) is 23.3. The highest BCUT2D eigenvalue weighted by Crippen LogP contribution is 2.28. The maximum Gasteiger partial charge on any atom is 0.419 e. The number of fused-ring (bicyclic) bond motifs is 1. The Labute approximate surface area is 225 Å². The molecule has 36 heavy (non-hydrogen) atoms. The molecular formula is C28H30IN3O4. The van der Waals surface area contributed by atoms with Gasteiger partial charge in [-0.2, -0.15) is 0 Å². The number of carbonyl (C=O) groups excluding carboxylic acids is 1. The molecule has 2 heterocycles. The molecule has 0 bridgehead atoms. The molecule has 0 atom stereocenters. The van der Waals surface area contributed by atoms with Gasteiger partial charge in [-0.1, -0.05) is 24.3 Å². The Hall–Kier alpha value is -3.27. The predicted molar refractivity (Wildman–Crippen MR) is 150 cm³/mol. The van der Waals surface area contributed by atoms with E-state index in [-0.39, 0.29) is 0 Å². The number of benzene rings is 2. The maximum atomic E-state index is 12.8. The van der Waals surface area contributed by atoms with Crippen molar-refractivity contribution >= 4 is 45.4 Å². The molecule has 4 aromatic rings. The van der Waals surface area contributed by atoms with Gasteiger partial charge in [0.25, 0.3) is 0 Å². The Morgan fingerprint density at radius 1 is 0.917 bits per heavy atom. The van der Waals surface area contributed by atoms with Crippen LogP contribution in [0.1, 0.15) is 31.9 Å². The molecule has 0 amide bonds. The van der Waals surface area contributed by atoms with E-state index in [2.05, 4.69) is 51.8 Å². The van der Waals surface area contributed by atoms with Crippen molar-refractivity contribution in [3.8, 4) is 11.5 Å². The van der Waals surface area contributed by atoms with Crippen molar-refractivity contribution in [1.82, 2.24) is 9.55 Å². The number of ether oxygens (including phenoxy) is 3. The number of hydrogen-bond acceptors (Lipinski definition) is 6. The first-order valence-corrected chi connectivity index (χ1v) is 12.7. The predicted octanol–water partition coefficient (Wildman–Crippen LogP) is 6.65. The second-order valence-electron chi connectivity index (χ2n) is 9.44. The van der Waals surface area contributed by atoms with Gasteiger partial charge in [-0.25, -0.2) is 14.3 Å². The number of hydrogen-bond donors (Lipinski definition) is 0. The van der Waals surface area contributed by atoms with Crippen molar-refractivity contribution in [3.63, 3.8) is 0 Å². The molecular weight excluding hydrogens is 569 g/mol. The van der Waals surface area contributed by atoms with Gasteiger partial charge >= 0.3 is 6.09 Å². The molecule has 0 fully saturated rings. The number of methoxy groups -OCH3 is 2. The van der Waals surface area contributed by atoms with E-state index in [1.54, 1.807) is 25.0 Å². The number of aromatic nitrogens is 2. The van der Waals surface area contributed by atoms with Crippen molar-refractivity contribution in [3.05, 3.63) is 81.7 Å². The third-order valence-corrected chi connectivity index (χ3v) is 6.39. The Morgan fingerprint density at radius 2 is 1.44 bits per heavy atom. The lowest BCUT2D eigenvalue weighted by Gasteiger charge is -2.24. The summed E-state index contributed by atoms with van der Waals surface area (Å²) in [5, 5.41) is 0.921. The summed E-state index contributed by atoms with van der Waals surface area (Å²) >= 11 is 2.16. The smallest absolute Gasteiger partial charge is 0.419 e. The number of nitrogens with zero attached hydrogens (tertiary/aromatic N) is 3. The number of halogens is 1. The van der Waals surface area contributed by atoms with Crippen LogP contribution in [0.3, 0.4) is 0 Å². The van der Waals surface area contributed by atoms with E-state index in [9.17, 15) is 4.79 Å². The molecule has 2 aromatic heterocycles. The Kier molecular flexibility index (Phi) is 7.73. The maximum absolute atomic E-state index is 12.8. The molecule has 2 aromatic carbocycles. The Bertz CT molecular complexity index is 1290. The molecule has 188 valence electrons. The van der Waals surface area contributed by atoms with E-state index in [1.165, 1.54) is 0 Å². The van der Waals surface area contributed by atoms with Gasteiger partial charge in [0.05, 0.1) is 29.6 Å². The summed E-state index contributed by atoms with van der Waals surface area (Å²) in [6.45, 7) is 6.87. The summed E-state index contributed by atoms with van der Waals surface area (Å²) in [4.78, 5) is 19.8. The number of pyridine rings is 1. The van der Waals surface area contributed by atoms with Gasteiger partial charge in [-0.3, -0.25) is 0 Å². The summed E-state index contributed by atoms with van der Waals surface area (Å²) in [5.74, 6) is 2.45. The SMILES string of the molecule is COc1ccc(CN(Cc2ccc(OC)cc2)c2cc3cc(I)n(C(=O)OC(C)(C)C)c3cn2)cc1. The highest BCUT2D eigenvalue weighted by Gasteiger charge is 2.22. The van der Waals surface area contributed by atoms with Crippen LogP contribution in [-0.4, -0.2) is 35.5 Å². The second kappa shape index (κ2) is 10.8. The normalized spacial score (nSPS) is 11.4. The quantitative estimate of drug-likeness (QED) is 0.222. The topological polar surface area (TPSA) is 65.8 Å². The third-order valence-electron chi connectivity index (χ3n) is 5.59. The standard InChI is InChI=1S/C28H30IN3O4/c1-28(2,3)36-27(33)32-24-16-30-26(15-21(24)14-25(32)29)31(17-19-6-10-22(34-4)11-7-19)18-20-8-12-23(35-5)13-9-20/h6-16H,17-18H2,1-5H3. The molecule has 0 aliphatic rings. The molecule has 0 unspecified atom stereocenters. The van der Waals surface area contributed by atoms with E-state index in [1.807, 2.05) is 57.2 Å². The molecule has 0 radical (unpaired) electrons. The van der Waals surface area contributed by atoms with Crippen LogP contribution in [0.25, 0.3) is 10.9 Å². The Balaban J connectivity index is 1.69. The largest absolute Gasteiger partial charge is 0.497 e. The first-order valence-electron chi connectivity index (χ1n) is 11.6. The monoisotopic (exact) mass is 599 g/mol.